The summed E-state index contributed by atoms with van der Waals surface area (Å²) in [6.07, 6.45) is 7.53. The molecule has 2 N–H and O–H groups in total. The van der Waals surface area contributed by atoms with Gasteiger partial charge >= 0.3 is 0 Å². The van der Waals surface area contributed by atoms with Crippen LogP contribution in [0, 0.1) is 0 Å². The Morgan fingerprint density at radius 2 is 1.06 bits per heavy atom. The topological polar surface area (TPSA) is 101 Å². The third-order valence-electron chi connectivity index (χ3n) is 9.38. The SMILES string of the molecule is CC(C)OC1=C(c2c3nc(c(-c4ccccc4)c4ccc(cc5nc(c(-c6ccccc6)c6ccc2[nH]6)C=C5)[nH]4)C=C3)C(=O)c2ccccc2C1=O. The molecule has 0 amide bonds. The fourth-order valence-electron chi connectivity index (χ4n) is 7.15. The Labute approximate surface area is 299 Å². The summed E-state index contributed by atoms with van der Waals surface area (Å²) in [5.41, 5.74) is 11.0. The molecule has 0 unspecified atom stereocenters. The van der Waals surface area contributed by atoms with Crippen molar-refractivity contribution in [2.75, 3.05) is 0 Å². The number of ether oxygens (including phenoxy) is 1. The third kappa shape index (κ3) is 5.31. The van der Waals surface area contributed by atoms with Gasteiger partial charge in [0.2, 0.25) is 5.78 Å². The molecule has 6 aromatic rings. The number of rotatable bonds is 5. The smallest absolute Gasteiger partial charge is 0.229 e. The van der Waals surface area contributed by atoms with Crippen molar-refractivity contribution in [3.63, 3.8) is 0 Å². The van der Waals surface area contributed by atoms with E-state index in [-0.39, 0.29) is 29.0 Å². The molecule has 5 heterocycles. The number of hydrogen-bond acceptors (Lipinski definition) is 5. The number of benzene rings is 3. The molecule has 9 rings (SSSR count). The third-order valence-corrected chi connectivity index (χ3v) is 9.38. The minimum atomic E-state index is -0.367. The fourth-order valence-corrected chi connectivity index (χ4v) is 7.15. The van der Waals surface area contributed by atoms with Gasteiger partial charge < -0.3 is 14.7 Å². The van der Waals surface area contributed by atoms with Gasteiger partial charge in [0.05, 0.1) is 34.5 Å². The molecule has 7 heteroatoms. The maximum atomic E-state index is 14.7. The van der Waals surface area contributed by atoms with Gasteiger partial charge in [-0.2, -0.15) is 0 Å². The first kappa shape index (κ1) is 31.1. The van der Waals surface area contributed by atoms with Gasteiger partial charge in [0.25, 0.3) is 0 Å². The number of carbonyl (C=O) groups is 2. The highest BCUT2D eigenvalue weighted by Crippen LogP contribution is 2.39. The molecule has 250 valence electrons. The Kier molecular flexibility index (Phi) is 7.47. The number of aromatic amines is 2. The van der Waals surface area contributed by atoms with Gasteiger partial charge in [-0.05, 0) is 79.6 Å². The number of ketones is 2. The van der Waals surface area contributed by atoms with E-state index in [4.69, 9.17) is 14.7 Å². The normalized spacial score (nSPS) is 13.6. The van der Waals surface area contributed by atoms with Crippen molar-refractivity contribution in [2.24, 2.45) is 0 Å². The van der Waals surface area contributed by atoms with Crippen LogP contribution in [-0.4, -0.2) is 37.6 Å². The molecule has 8 bridgehead atoms. The molecule has 3 aromatic carbocycles. The van der Waals surface area contributed by atoms with Crippen molar-refractivity contribution < 1.29 is 14.3 Å². The zero-order valence-electron chi connectivity index (χ0n) is 28.5. The predicted molar refractivity (Wildman–Crippen MR) is 208 cm³/mol. The monoisotopic (exact) mass is 676 g/mol. The standard InChI is InChI=1S/C45H32N4O3/c1-26(2)52-45-42(43(50)31-15-9-10-16-32(31)44(45)51)41-37-23-21-35(48-37)39(27-11-5-3-6-12-27)33-19-17-29(46-33)25-30-18-20-34(47-30)40(28-13-7-4-8-14-28)36-22-24-38(41)49-36/h3-26,46,49H,1-2H3. The van der Waals surface area contributed by atoms with Crippen molar-refractivity contribution in [3.05, 3.63) is 160 Å². The number of fused-ring (bicyclic) bond motifs is 9. The van der Waals surface area contributed by atoms with Gasteiger partial charge in [-0.25, -0.2) is 9.97 Å². The van der Waals surface area contributed by atoms with Gasteiger partial charge in [0.15, 0.2) is 11.5 Å². The Morgan fingerprint density at radius 1 is 0.538 bits per heavy atom. The maximum Gasteiger partial charge on any atom is 0.229 e. The zero-order chi connectivity index (χ0) is 35.3. The van der Waals surface area contributed by atoms with E-state index in [1.165, 1.54) is 0 Å². The zero-order valence-corrected chi connectivity index (χ0v) is 28.5. The molecule has 0 atom stereocenters. The molecule has 0 saturated carbocycles. The highest BCUT2D eigenvalue weighted by atomic mass is 16.5. The Morgan fingerprint density at radius 3 is 1.71 bits per heavy atom. The Balaban J connectivity index is 1.46. The van der Waals surface area contributed by atoms with Crippen LogP contribution in [0.3, 0.4) is 0 Å². The van der Waals surface area contributed by atoms with E-state index in [1.807, 2.05) is 105 Å². The van der Waals surface area contributed by atoms with Crippen molar-refractivity contribution in [1.29, 1.82) is 0 Å². The van der Waals surface area contributed by atoms with Crippen LogP contribution in [0.4, 0.5) is 0 Å². The van der Waals surface area contributed by atoms with Gasteiger partial charge in [-0.1, -0.05) is 84.9 Å². The first-order valence-electron chi connectivity index (χ1n) is 17.3. The predicted octanol–water partition coefficient (Wildman–Crippen LogP) is 10.2. The Hall–Kier alpha value is -6.86. The van der Waals surface area contributed by atoms with E-state index in [9.17, 15) is 9.59 Å². The molecule has 0 saturated heterocycles. The minimum absolute atomic E-state index is 0.00946. The summed E-state index contributed by atoms with van der Waals surface area (Å²) >= 11 is 0. The number of H-pyrrole nitrogens is 2. The second-order valence-electron chi connectivity index (χ2n) is 13.2. The lowest BCUT2D eigenvalue weighted by molar-refractivity contribution is 0.0821. The summed E-state index contributed by atoms with van der Waals surface area (Å²) in [6.45, 7) is 3.70. The summed E-state index contributed by atoms with van der Waals surface area (Å²) in [7, 11) is 0. The number of nitrogens with zero attached hydrogens (tertiary/aromatic N) is 2. The molecule has 3 aromatic heterocycles. The number of Topliss-reactive ketones (excluding diaryl/α,β-unsaturated/α-hetero) is 2. The van der Waals surface area contributed by atoms with Crippen LogP contribution in [0.25, 0.3) is 74.2 Å². The summed E-state index contributed by atoms with van der Waals surface area (Å²) in [5, 5.41) is 0. The maximum absolute atomic E-state index is 14.7. The van der Waals surface area contributed by atoms with Crippen molar-refractivity contribution in [2.45, 2.75) is 20.0 Å². The van der Waals surface area contributed by atoms with E-state index >= 15 is 0 Å². The summed E-state index contributed by atoms with van der Waals surface area (Å²) in [6, 6.07) is 37.1. The Bertz CT molecular complexity index is 2670. The van der Waals surface area contributed by atoms with Crippen LogP contribution in [0.1, 0.15) is 62.9 Å². The van der Waals surface area contributed by atoms with Crippen LogP contribution in [0.5, 0.6) is 0 Å². The first-order chi connectivity index (χ1) is 25.4. The summed E-state index contributed by atoms with van der Waals surface area (Å²) < 4.78 is 6.27. The molecule has 52 heavy (non-hydrogen) atoms. The molecular weight excluding hydrogens is 645 g/mol. The lowest BCUT2D eigenvalue weighted by atomic mass is 9.84. The average Bonchev–Trinajstić information content (AvgIpc) is 4.00. The lowest BCUT2D eigenvalue weighted by Crippen LogP contribution is -2.25. The van der Waals surface area contributed by atoms with Crippen molar-refractivity contribution in [1.82, 2.24) is 19.9 Å². The number of allylic oxidation sites excluding steroid dienone is 2. The van der Waals surface area contributed by atoms with Crippen LogP contribution in [-0.2, 0) is 4.74 Å². The van der Waals surface area contributed by atoms with E-state index < -0.39 is 0 Å². The van der Waals surface area contributed by atoms with Gasteiger partial charge in [-0.15, -0.1) is 0 Å². The van der Waals surface area contributed by atoms with E-state index in [2.05, 4.69) is 34.2 Å². The van der Waals surface area contributed by atoms with E-state index in [1.54, 1.807) is 24.3 Å². The van der Waals surface area contributed by atoms with Crippen molar-refractivity contribution >= 4 is 63.5 Å². The van der Waals surface area contributed by atoms with Crippen LogP contribution < -0.4 is 0 Å². The molecule has 7 nitrogen and oxygen atoms in total. The van der Waals surface area contributed by atoms with Crippen LogP contribution in [0.15, 0.2) is 121 Å². The number of aromatic nitrogens is 4. The highest BCUT2D eigenvalue weighted by molar-refractivity contribution is 6.41. The summed E-state index contributed by atoms with van der Waals surface area (Å²) in [5.74, 6) is -0.633. The quantitative estimate of drug-likeness (QED) is 0.189. The van der Waals surface area contributed by atoms with Gasteiger partial charge in [0.1, 0.15) is 0 Å². The molecule has 0 spiro atoms. The molecule has 2 aliphatic heterocycles. The summed E-state index contributed by atoms with van der Waals surface area (Å²) in [4.78, 5) is 46.5. The largest absolute Gasteiger partial charge is 0.486 e. The van der Waals surface area contributed by atoms with Crippen LogP contribution >= 0.6 is 0 Å². The molecule has 0 fully saturated rings. The molecule has 3 aliphatic rings. The number of hydrogen-bond donors (Lipinski definition) is 2. The molecule has 0 radical (unpaired) electrons. The van der Waals surface area contributed by atoms with Gasteiger partial charge in [-0.3, -0.25) is 9.59 Å². The van der Waals surface area contributed by atoms with Crippen molar-refractivity contribution in [3.8, 4) is 22.3 Å². The lowest BCUT2D eigenvalue weighted by Gasteiger charge is -2.23. The van der Waals surface area contributed by atoms with Gasteiger partial charge in [0, 0.05) is 49.9 Å². The number of nitrogens with one attached hydrogen (secondary N) is 2. The fraction of sp³-hybridized carbons (Fsp3) is 0.0667. The first-order valence-corrected chi connectivity index (χ1v) is 17.3. The van der Waals surface area contributed by atoms with Crippen LogP contribution in [0.2, 0.25) is 0 Å². The average molecular weight is 677 g/mol. The van der Waals surface area contributed by atoms with E-state index in [0.29, 0.717) is 33.6 Å². The highest BCUT2D eigenvalue weighted by Gasteiger charge is 2.37. The second kappa shape index (κ2) is 12.5. The van der Waals surface area contributed by atoms with E-state index in [0.717, 1.165) is 50.2 Å². The number of carbonyl (C=O) groups excluding carboxylic acids is 2. The minimum Gasteiger partial charge on any atom is -0.486 e. The molecular formula is C45H32N4O3. The molecule has 1 aliphatic carbocycles. The second-order valence-corrected chi connectivity index (χ2v) is 13.2.